The Morgan fingerprint density at radius 1 is 1.38 bits per heavy atom. The van der Waals surface area contributed by atoms with Crippen molar-refractivity contribution in [2.24, 2.45) is 5.92 Å². The quantitative estimate of drug-likeness (QED) is 0.902. The number of fused-ring (bicyclic) bond motifs is 1. The summed E-state index contributed by atoms with van der Waals surface area (Å²) in [4.78, 5) is 13.3. The van der Waals surface area contributed by atoms with E-state index in [1.165, 1.54) is 0 Å². The lowest BCUT2D eigenvalue weighted by Gasteiger charge is -2.31. The monoisotopic (exact) mass is 355 g/mol. The van der Waals surface area contributed by atoms with E-state index < -0.39 is 5.97 Å². The van der Waals surface area contributed by atoms with E-state index in [0.717, 1.165) is 47.5 Å². The second-order valence-electron chi connectivity index (χ2n) is 5.51. The molecule has 0 aliphatic carbocycles. The van der Waals surface area contributed by atoms with Crippen LogP contribution in [0.2, 0.25) is 0 Å². The van der Waals surface area contributed by atoms with E-state index in [4.69, 9.17) is 14.6 Å². The van der Waals surface area contributed by atoms with Crippen LogP contribution in [0.5, 0.6) is 11.5 Å². The molecule has 0 amide bonds. The van der Waals surface area contributed by atoms with Gasteiger partial charge in [-0.3, -0.25) is 9.69 Å². The lowest BCUT2D eigenvalue weighted by Crippen LogP contribution is -2.38. The van der Waals surface area contributed by atoms with Gasteiger partial charge in [0, 0.05) is 13.1 Å². The summed E-state index contributed by atoms with van der Waals surface area (Å²) in [6.45, 7) is 3.42. The number of halogens is 1. The average molecular weight is 356 g/mol. The fourth-order valence-corrected chi connectivity index (χ4v) is 3.52. The summed E-state index contributed by atoms with van der Waals surface area (Å²) in [7, 11) is 0. The second-order valence-corrected chi connectivity index (χ2v) is 6.37. The zero-order valence-electron chi connectivity index (χ0n) is 11.7. The number of hydrogen-bond acceptors (Lipinski definition) is 4. The average Bonchev–Trinajstić information content (AvgIpc) is 2.47. The summed E-state index contributed by atoms with van der Waals surface area (Å²) in [5.74, 6) is 0.576. The first-order valence-electron chi connectivity index (χ1n) is 7.16. The molecule has 3 rings (SSSR count). The van der Waals surface area contributed by atoms with Crippen LogP contribution in [0, 0.1) is 5.92 Å². The van der Waals surface area contributed by atoms with Crippen molar-refractivity contribution in [2.45, 2.75) is 19.4 Å². The summed E-state index contributed by atoms with van der Waals surface area (Å²) in [5.41, 5.74) is 1.11. The van der Waals surface area contributed by atoms with E-state index in [9.17, 15) is 4.79 Å². The maximum atomic E-state index is 11.1. The highest BCUT2D eigenvalue weighted by atomic mass is 79.9. The first kappa shape index (κ1) is 14.7. The molecular formula is C15H18BrNO4. The third-order valence-electron chi connectivity index (χ3n) is 3.92. The molecule has 1 unspecified atom stereocenters. The Hall–Kier alpha value is -1.27. The van der Waals surface area contributed by atoms with Gasteiger partial charge in [-0.2, -0.15) is 0 Å². The van der Waals surface area contributed by atoms with Crippen molar-refractivity contribution in [3.05, 3.63) is 22.2 Å². The molecule has 5 nitrogen and oxygen atoms in total. The van der Waals surface area contributed by atoms with Gasteiger partial charge in [0.15, 0.2) is 11.5 Å². The van der Waals surface area contributed by atoms with Gasteiger partial charge in [0.2, 0.25) is 0 Å². The van der Waals surface area contributed by atoms with E-state index in [1.54, 1.807) is 0 Å². The fraction of sp³-hybridized carbons (Fsp3) is 0.533. The second kappa shape index (κ2) is 6.23. The van der Waals surface area contributed by atoms with Crippen molar-refractivity contribution in [3.8, 4) is 11.5 Å². The predicted molar refractivity (Wildman–Crippen MR) is 80.8 cm³/mol. The minimum Gasteiger partial charge on any atom is -0.486 e. The van der Waals surface area contributed by atoms with Crippen LogP contribution in [-0.2, 0) is 11.3 Å². The highest BCUT2D eigenvalue weighted by Gasteiger charge is 2.26. The number of carboxylic acids is 1. The minimum atomic E-state index is -0.692. The predicted octanol–water partition coefficient (Wildman–Crippen LogP) is 2.52. The molecule has 114 valence electrons. The molecule has 1 fully saturated rings. The smallest absolute Gasteiger partial charge is 0.307 e. The zero-order chi connectivity index (χ0) is 14.8. The van der Waals surface area contributed by atoms with Crippen LogP contribution in [0.4, 0.5) is 0 Å². The van der Waals surface area contributed by atoms with Crippen LogP contribution in [0.25, 0.3) is 0 Å². The molecule has 1 aromatic carbocycles. The van der Waals surface area contributed by atoms with Gasteiger partial charge in [-0.1, -0.05) is 0 Å². The fourth-order valence-electron chi connectivity index (χ4n) is 2.91. The molecule has 1 N–H and O–H groups in total. The Labute approximate surface area is 132 Å². The molecule has 0 aromatic heterocycles. The standard InChI is InChI=1S/C15H18BrNO4/c16-12-6-10(7-13-14(12)21-5-4-20-13)8-17-3-1-2-11(9-17)15(18)19/h6-7,11H,1-5,8-9H2,(H,18,19). The molecule has 2 heterocycles. The van der Waals surface area contributed by atoms with Gasteiger partial charge >= 0.3 is 5.97 Å². The molecule has 0 radical (unpaired) electrons. The van der Waals surface area contributed by atoms with Crippen molar-refractivity contribution < 1.29 is 19.4 Å². The number of aliphatic carboxylic acids is 1. The number of piperidine rings is 1. The normalized spacial score (nSPS) is 22.0. The molecule has 6 heteroatoms. The highest BCUT2D eigenvalue weighted by molar-refractivity contribution is 9.10. The Balaban J connectivity index is 1.73. The van der Waals surface area contributed by atoms with Crippen LogP contribution in [-0.4, -0.2) is 42.3 Å². The SMILES string of the molecule is O=C(O)C1CCCN(Cc2cc(Br)c3c(c2)OCCO3)C1. The van der Waals surface area contributed by atoms with Crippen LogP contribution < -0.4 is 9.47 Å². The molecule has 0 bridgehead atoms. The van der Waals surface area contributed by atoms with E-state index in [2.05, 4.69) is 20.8 Å². The maximum absolute atomic E-state index is 11.1. The lowest BCUT2D eigenvalue weighted by atomic mass is 9.98. The number of carboxylic acid groups (broad SMARTS) is 1. The van der Waals surface area contributed by atoms with Crippen molar-refractivity contribution in [2.75, 3.05) is 26.3 Å². The molecule has 2 aliphatic rings. The molecule has 0 saturated carbocycles. The number of likely N-dealkylation sites (tertiary alicyclic amines) is 1. The highest BCUT2D eigenvalue weighted by Crippen LogP contribution is 2.39. The number of rotatable bonds is 3. The van der Waals surface area contributed by atoms with Gasteiger partial charge in [-0.15, -0.1) is 0 Å². The number of nitrogens with zero attached hydrogens (tertiary/aromatic N) is 1. The van der Waals surface area contributed by atoms with Gasteiger partial charge < -0.3 is 14.6 Å². The zero-order valence-corrected chi connectivity index (χ0v) is 13.3. The third kappa shape index (κ3) is 3.32. The molecule has 21 heavy (non-hydrogen) atoms. The first-order valence-corrected chi connectivity index (χ1v) is 7.96. The van der Waals surface area contributed by atoms with Crippen LogP contribution in [0.3, 0.4) is 0 Å². The number of hydrogen-bond donors (Lipinski definition) is 1. The van der Waals surface area contributed by atoms with E-state index >= 15 is 0 Å². The third-order valence-corrected chi connectivity index (χ3v) is 4.51. The van der Waals surface area contributed by atoms with Crippen LogP contribution >= 0.6 is 15.9 Å². The summed E-state index contributed by atoms with van der Waals surface area (Å²) >= 11 is 3.52. The van der Waals surface area contributed by atoms with Crippen molar-refractivity contribution in [3.63, 3.8) is 0 Å². The molecule has 1 atom stereocenters. The van der Waals surface area contributed by atoms with Crippen molar-refractivity contribution >= 4 is 21.9 Å². The van der Waals surface area contributed by atoms with Crippen LogP contribution in [0.15, 0.2) is 16.6 Å². The number of benzene rings is 1. The topological polar surface area (TPSA) is 59.0 Å². The Morgan fingerprint density at radius 3 is 3.00 bits per heavy atom. The van der Waals surface area contributed by atoms with Gasteiger partial charge in [0.25, 0.3) is 0 Å². The van der Waals surface area contributed by atoms with E-state index in [0.29, 0.717) is 19.8 Å². The van der Waals surface area contributed by atoms with E-state index in [-0.39, 0.29) is 5.92 Å². The van der Waals surface area contributed by atoms with Gasteiger partial charge in [0.1, 0.15) is 13.2 Å². The summed E-state index contributed by atoms with van der Waals surface area (Å²) in [5, 5.41) is 9.15. The molecule has 1 aromatic rings. The summed E-state index contributed by atoms with van der Waals surface area (Å²) in [6, 6.07) is 4.02. The number of carbonyl (C=O) groups is 1. The molecule has 0 spiro atoms. The van der Waals surface area contributed by atoms with Gasteiger partial charge in [-0.25, -0.2) is 0 Å². The lowest BCUT2D eigenvalue weighted by molar-refractivity contribution is -0.143. The van der Waals surface area contributed by atoms with Crippen LogP contribution in [0.1, 0.15) is 18.4 Å². The number of ether oxygens (including phenoxy) is 2. The van der Waals surface area contributed by atoms with Crippen molar-refractivity contribution in [1.29, 1.82) is 0 Å². The molecule has 2 aliphatic heterocycles. The first-order chi connectivity index (χ1) is 10.1. The van der Waals surface area contributed by atoms with Gasteiger partial charge in [-0.05, 0) is 53.0 Å². The molecular weight excluding hydrogens is 338 g/mol. The van der Waals surface area contributed by atoms with Gasteiger partial charge in [0.05, 0.1) is 10.4 Å². The largest absolute Gasteiger partial charge is 0.486 e. The van der Waals surface area contributed by atoms with Crippen molar-refractivity contribution in [1.82, 2.24) is 4.90 Å². The minimum absolute atomic E-state index is 0.251. The summed E-state index contributed by atoms with van der Waals surface area (Å²) < 4.78 is 12.1. The summed E-state index contributed by atoms with van der Waals surface area (Å²) in [6.07, 6.45) is 1.71. The Morgan fingerprint density at radius 2 is 2.19 bits per heavy atom. The Kier molecular flexibility index (Phi) is 4.35. The Bertz CT molecular complexity index is 549. The maximum Gasteiger partial charge on any atom is 0.307 e. The molecule has 1 saturated heterocycles. The van der Waals surface area contributed by atoms with E-state index in [1.807, 2.05) is 12.1 Å².